The van der Waals surface area contributed by atoms with Crippen molar-refractivity contribution in [1.82, 2.24) is 29.5 Å². The van der Waals surface area contributed by atoms with Gasteiger partial charge in [-0.3, -0.25) is 4.57 Å². The summed E-state index contributed by atoms with van der Waals surface area (Å²) in [5, 5.41) is 22.1. The SMILES string of the molecule is CC(C)[N+](C)(CC1OC(n2cnc3c(N)ncnc32)C(O)C1O)C1CC(CCc2nc3ccc(C(C)(C)C)cc3[nH]2)C1. The minimum atomic E-state index is -1.11. The lowest BCUT2D eigenvalue weighted by molar-refractivity contribution is -0.962. The summed E-state index contributed by atoms with van der Waals surface area (Å²) in [6.07, 6.45) is 3.73. The number of nitrogens with zero attached hydrogens (tertiary/aromatic N) is 6. The van der Waals surface area contributed by atoms with Crippen LogP contribution in [0.15, 0.2) is 30.9 Å². The molecule has 1 aromatic carbocycles. The van der Waals surface area contributed by atoms with E-state index in [1.807, 2.05) is 0 Å². The van der Waals surface area contributed by atoms with E-state index in [0.717, 1.165) is 47.0 Å². The Balaban J connectivity index is 1.09. The molecule has 5 atom stereocenters. The number of rotatable bonds is 8. The summed E-state index contributed by atoms with van der Waals surface area (Å²) < 4.78 is 8.74. The van der Waals surface area contributed by atoms with Crippen LogP contribution in [0.3, 0.4) is 0 Å². The smallest absolute Gasteiger partial charge is 0.167 e. The van der Waals surface area contributed by atoms with E-state index >= 15 is 0 Å². The van der Waals surface area contributed by atoms with Gasteiger partial charge in [0.1, 0.15) is 42.5 Å². The van der Waals surface area contributed by atoms with Crippen LogP contribution in [-0.2, 0) is 16.6 Å². The maximum atomic E-state index is 11.1. The Morgan fingerprint density at radius 1 is 1.14 bits per heavy atom. The summed E-state index contributed by atoms with van der Waals surface area (Å²) in [5.41, 5.74) is 10.4. The largest absolute Gasteiger partial charge is 0.387 e. The second-order valence-corrected chi connectivity index (χ2v) is 13.9. The van der Waals surface area contributed by atoms with E-state index in [-0.39, 0.29) is 11.2 Å². The molecule has 11 heteroatoms. The molecule has 1 saturated carbocycles. The van der Waals surface area contributed by atoms with Crippen LogP contribution in [0.2, 0.25) is 0 Å². The summed E-state index contributed by atoms with van der Waals surface area (Å²) in [4.78, 5) is 21.0. The minimum absolute atomic E-state index is 0.109. The van der Waals surface area contributed by atoms with Gasteiger partial charge in [0.2, 0.25) is 0 Å². The highest BCUT2D eigenvalue weighted by Gasteiger charge is 2.51. The average molecular weight is 578 g/mol. The number of ether oxygens (including phenoxy) is 1. The van der Waals surface area contributed by atoms with Crippen LogP contribution in [0.4, 0.5) is 5.82 Å². The molecule has 6 rings (SSSR count). The number of anilines is 1. The molecule has 2 aliphatic rings. The summed E-state index contributed by atoms with van der Waals surface area (Å²) in [7, 11) is 2.26. The van der Waals surface area contributed by atoms with Crippen LogP contribution in [0.5, 0.6) is 0 Å². The number of likely N-dealkylation sites (N-methyl/N-ethyl adjacent to an activating group) is 1. The number of aliphatic hydroxyl groups excluding tert-OH is 2. The number of nitrogen functional groups attached to an aromatic ring is 1. The maximum Gasteiger partial charge on any atom is 0.167 e. The van der Waals surface area contributed by atoms with E-state index in [1.165, 1.54) is 18.2 Å². The Bertz CT molecular complexity index is 1570. The molecule has 11 nitrogen and oxygen atoms in total. The van der Waals surface area contributed by atoms with E-state index in [9.17, 15) is 10.2 Å². The molecule has 0 amide bonds. The number of quaternary nitrogens is 1. The number of aromatic amines is 1. The number of H-pyrrole nitrogens is 1. The van der Waals surface area contributed by atoms with Crippen molar-refractivity contribution >= 4 is 28.0 Å². The van der Waals surface area contributed by atoms with Crippen LogP contribution >= 0.6 is 0 Å². The van der Waals surface area contributed by atoms with E-state index < -0.39 is 24.5 Å². The standard InChI is InChI=1S/C31H45N8O3/c1-17(2)39(6,14-23-26(40)27(41)30(42-23)38-16-35-25-28(32)33-15-34-29(25)38)20-11-18(12-20)7-10-24-36-21-9-8-19(31(3,4)5)13-22(21)37-24/h8-9,13,15-18,20,23,26-27,30,40-41H,7,10-12,14H2,1-6H3,(H,36,37)(H2,32,33,34)/q+1. The zero-order valence-electron chi connectivity index (χ0n) is 25.5. The fourth-order valence-corrected chi connectivity index (χ4v) is 6.74. The van der Waals surface area contributed by atoms with Crippen molar-refractivity contribution in [3.05, 3.63) is 42.2 Å². The van der Waals surface area contributed by atoms with Crippen molar-refractivity contribution in [3.63, 3.8) is 0 Å². The van der Waals surface area contributed by atoms with E-state index in [1.54, 1.807) is 4.57 Å². The molecular weight excluding hydrogens is 532 g/mol. The number of aromatic nitrogens is 6. The van der Waals surface area contributed by atoms with Crippen molar-refractivity contribution in [1.29, 1.82) is 0 Å². The Kier molecular flexibility index (Phi) is 7.28. The summed E-state index contributed by atoms with van der Waals surface area (Å²) in [6.45, 7) is 11.8. The molecule has 4 aromatic rings. The van der Waals surface area contributed by atoms with Gasteiger partial charge in [0, 0.05) is 19.3 Å². The number of nitrogens with one attached hydrogen (secondary N) is 1. The Morgan fingerprint density at radius 3 is 2.62 bits per heavy atom. The number of aryl methyl sites for hydroxylation is 1. The molecule has 4 heterocycles. The number of fused-ring (bicyclic) bond motifs is 2. The highest BCUT2D eigenvalue weighted by Crippen LogP contribution is 2.42. The van der Waals surface area contributed by atoms with Gasteiger partial charge in [-0.2, -0.15) is 0 Å². The summed E-state index contributed by atoms with van der Waals surface area (Å²) in [6, 6.07) is 7.34. The lowest BCUT2D eigenvalue weighted by atomic mass is 9.75. The first-order valence-electron chi connectivity index (χ1n) is 15.1. The van der Waals surface area contributed by atoms with Gasteiger partial charge in [-0.05, 0) is 49.3 Å². The fraction of sp³-hybridized carbons (Fsp3) is 0.613. The second kappa shape index (κ2) is 10.6. The summed E-state index contributed by atoms with van der Waals surface area (Å²) >= 11 is 0. The molecule has 1 saturated heterocycles. The van der Waals surface area contributed by atoms with Crippen molar-refractivity contribution in [3.8, 4) is 0 Å². The predicted molar refractivity (Wildman–Crippen MR) is 161 cm³/mol. The van der Waals surface area contributed by atoms with Gasteiger partial charge in [0.25, 0.3) is 0 Å². The number of imidazole rings is 2. The summed E-state index contributed by atoms with van der Waals surface area (Å²) in [5.74, 6) is 1.96. The fourth-order valence-electron chi connectivity index (χ4n) is 6.74. The molecule has 2 fully saturated rings. The Labute approximate surface area is 246 Å². The molecule has 5 N–H and O–H groups in total. The molecule has 3 aromatic heterocycles. The molecule has 0 radical (unpaired) electrons. The molecule has 226 valence electrons. The highest BCUT2D eigenvalue weighted by atomic mass is 16.6. The first-order valence-corrected chi connectivity index (χ1v) is 15.1. The van der Waals surface area contributed by atoms with E-state index in [0.29, 0.717) is 35.7 Å². The Morgan fingerprint density at radius 2 is 1.90 bits per heavy atom. The third kappa shape index (κ3) is 5.06. The monoisotopic (exact) mass is 577 g/mol. The quantitative estimate of drug-likeness (QED) is 0.233. The number of benzene rings is 1. The maximum absolute atomic E-state index is 11.1. The first-order chi connectivity index (χ1) is 19.8. The third-order valence-electron chi connectivity index (χ3n) is 9.98. The lowest BCUT2D eigenvalue weighted by Crippen LogP contribution is -2.64. The molecular formula is C31H45N8O3+. The molecule has 42 heavy (non-hydrogen) atoms. The van der Waals surface area contributed by atoms with Crippen molar-refractivity contribution in [2.45, 2.75) is 102 Å². The number of hydrogen-bond acceptors (Lipinski definition) is 8. The number of hydrogen-bond donors (Lipinski definition) is 4. The van der Waals surface area contributed by atoms with Gasteiger partial charge < -0.3 is 30.2 Å². The van der Waals surface area contributed by atoms with Crippen molar-refractivity contribution in [2.75, 3.05) is 19.3 Å². The van der Waals surface area contributed by atoms with Crippen LogP contribution in [0, 0.1) is 5.92 Å². The van der Waals surface area contributed by atoms with Gasteiger partial charge in [-0.15, -0.1) is 0 Å². The normalized spacial score (nSPS) is 28.0. The van der Waals surface area contributed by atoms with Crippen molar-refractivity contribution in [2.24, 2.45) is 5.92 Å². The molecule has 0 bridgehead atoms. The lowest BCUT2D eigenvalue weighted by Gasteiger charge is -2.52. The number of aliphatic hydroxyl groups is 2. The average Bonchev–Trinajstić information content (AvgIpc) is 3.59. The zero-order chi connectivity index (χ0) is 30.0. The predicted octanol–water partition coefficient (Wildman–Crippen LogP) is 3.47. The molecule has 5 unspecified atom stereocenters. The van der Waals surface area contributed by atoms with Crippen LogP contribution in [-0.4, -0.2) is 88.2 Å². The topological polar surface area (TPSA) is 148 Å². The zero-order valence-corrected chi connectivity index (χ0v) is 25.5. The highest BCUT2D eigenvalue weighted by molar-refractivity contribution is 5.81. The van der Waals surface area contributed by atoms with Gasteiger partial charge in [0.05, 0.1) is 36.5 Å². The Hall–Kier alpha value is -3.12. The van der Waals surface area contributed by atoms with Gasteiger partial charge in [0.15, 0.2) is 17.7 Å². The van der Waals surface area contributed by atoms with Crippen LogP contribution in [0.1, 0.15) is 71.5 Å². The third-order valence-corrected chi connectivity index (χ3v) is 9.98. The van der Waals surface area contributed by atoms with Gasteiger partial charge in [-0.25, -0.2) is 19.9 Å². The van der Waals surface area contributed by atoms with Crippen molar-refractivity contribution < 1.29 is 19.4 Å². The van der Waals surface area contributed by atoms with Gasteiger partial charge >= 0.3 is 0 Å². The van der Waals surface area contributed by atoms with E-state index in [2.05, 4.69) is 79.8 Å². The molecule has 1 aliphatic carbocycles. The minimum Gasteiger partial charge on any atom is -0.387 e. The second-order valence-electron chi connectivity index (χ2n) is 13.9. The van der Waals surface area contributed by atoms with Crippen LogP contribution < -0.4 is 5.73 Å². The van der Waals surface area contributed by atoms with Gasteiger partial charge in [-0.1, -0.05) is 26.8 Å². The van der Waals surface area contributed by atoms with E-state index in [4.69, 9.17) is 15.5 Å². The first kappa shape index (κ1) is 29.0. The van der Waals surface area contributed by atoms with Crippen LogP contribution in [0.25, 0.3) is 22.2 Å². The molecule has 1 aliphatic heterocycles. The molecule has 0 spiro atoms. The number of nitrogens with two attached hydrogens (primary N) is 1.